The molecule has 116 valence electrons. The number of benzene rings is 1. The van der Waals surface area contributed by atoms with Gasteiger partial charge in [0.15, 0.2) is 0 Å². The summed E-state index contributed by atoms with van der Waals surface area (Å²) in [6.07, 6.45) is 0.798. The molecule has 1 amide bonds. The number of carbonyl (C=O) groups excluding carboxylic acids is 1. The quantitative estimate of drug-likeness (QED) is 0.865. The van der Waals surface area contributed by atoms with Gasteiger partial charge in [-0.05, 0) is 24.3 Å². The highest BCUT2D eigenvalue weighted by Crippen LogP contribution is 2.17. The maximum Gasteiger partial charge on any atom is 0.227 e. The number of amides is 1. The minimum atomic E-state index is -0.308. The highest BCUT2D eigenvalue weighted by molar-refractivity contribution is 7.99. The lowest BCUT2D eigenvalue weighted by atomic mass is 10.2. The molecule has 2 aromatic rings. The van der Waals surface area contributed by atoms with Gasteiger partial charge in [-0.15, -0.1) is 0 Å². The number of rotatable bonds is 4. The molecule has 1 aromatic heterocycles. The lowest BCUT2D eigenvalue weighted by Crippen LogP contribution is -2.37. The number of aromatic nitrogens is 2. The summed E-state index contributed by atoms with van der Waals surface area (Å²) in [4.78, 5) is 18.2. The second kappa shape index (κ2) is 6.91. The predicted octanol–water partition coefficient (Wildman–Crippen LogP) is 2.38. The Morgan fingerprint density at radius 3 is 2.73 bits per heavy atom. The SMILES string of the molecule is O=C(CCc1nc(-c2ccc(F)cc2)no1)N1CCSCC1. The molecule has 0 radical (unpaired) electrons. The topological polar surface area (TPSA) is 59.2 Å². The molecule has 3 rings (SSSR count). The standard InChI is InChI=1S/C15H16FN3O2S/c16-12-3-1-11(2-4-12)15-17-13(21-18-15)5-6-14(20)19-7-9-22-10-8-19/h1-4H,5-10H2. The summed E-state index contributed by atoms with van der Waals surface area (Å²) in [7, 11) is 0. The van der Waals surface area contributed by atoms with Crippen LogP contribution >= 0.6 is 11.8 Å². The summed E-state index contributed by atoms with van der Waals surface area (Å²) < 4.78 is 18.0. The van der Waals surface area contributed by atoms with Crippen molar-refractivity contribution in [3.63, 3.8) is 0 Å². The Bertz CT molecular complexity index is 638. The van der Waals surface area contributed by atoms with Crippen molar-refractivity contribution >= 4 is 17.7 Å². The molecule has 0 N–H and O–H groups in total. The van der Waals surface area contributed by atoms with Gasteiger partial charge < -0.3 is 9.42 Å². The van der Waals surface area contributed by atoms with Gasteiger partial charge in [-0.1, -0.05) is 5.16 Å². The van der Waals surface area contributed by atoms with Gasteiger partial charge in [0, 0.05) is 43.0 Å². The van der Waals surface area contributed by atoms with E-state index < -0.39 is 0 Å². The van der Waals surface area contributed by atoms with Crippen molar-refractivity contribution in [1.82, 2.24) is 15.0 Å². The van der Waals surface area contributed by atoms with Crippen LogP contribution in [-0.2, 0) is 11.2 Å². The number of carbonyl (C=O) groups is 1. The van der Waals surface area contributed by atoms with Crippen LogP contribution < -0.4 is 0 Å². The normalized spacial score (nSPS) is 15.0. The van der Waals surface area contributed by atoms with Crippen LogP contribution in [0.1, 0.15) is 12.3 Å². The van der Waals surface area contributed by atoms with Gasteiger partial charge in [-0.3, -0.25) is 4.79 Å². The third-order valence-corrected chi connectivity index (χ3v) is 4.43. The lowest BCUT2D eigenvalue weighted by molar-refractivity contribution is -0.130. The molecule has 7 heteroatoms. The van der Waals surface area contributed by atoms with Crippen LogP contribution in [0.3, 0.4) is 0 Å². The minimum absolute atomic E-state index is 0.127. The first-order valence-corrected chi connectivity index (χ1v) is 8.32. The zero-order valence-electron chi connectivity index (χ0n) is 12.0. The van der Waals surface area contributed by atoms with Gasteiger partial charge in [0.2, 0.25) is 17.6 Å². The molecule has 0 saturated carbocycles. The molecule has 1 saturated heterocycles. The summed E-state index contributed by atoms with van der Waals surface area (Å²) in [6.45, 7) is 1.63. The average Bonchev–Trinajstić information content (AvgIpc) is 3.03. The predicted molar refractivity (Wildman–Crippen MR) is 81.9 cm³/mol. The van der Waals surface area contributed by atoms with E-state index in [0.29, 0.717) is 30.1 Å². The largest absolute Gasteiger partial charge is 0.341 e. The van der Waals surface area contributed by atoms with Crippen molar-refractivity contribution in [1.29, 1.82) is 0 Å². The maximum atomic E-state index is 12.9. The molecule has 0 aliphatic carbocycles. The van der Waals surface area contributed by atoms with Crippen LogP contribution in [0.25, 0.3) is 11.4 Å². The van der Waals surface area contributed by atoms with E-state index >= 15 is 0 Å². The molecule has 5 nitrogen and oxygen atoms in total. The fourth-order valence-corrected chi connectivity index (χ4v) is 3.16. The fourth-order valence-electron chi connectivity index (χ4n) is 2.26. The van der Waals surface area contributed by atoms with E-state index in [0.717, 1.165) is 24.6 Å². The Kier molecular flexibility index (Phi) is 4.72. The Morgan fingerprint density at radius 1 is 1.27 bits per heavy atom. The third-order valence-electron chi connectivity index (χ3n) is 3.49. The Morgan fingerprint density at radius 2 is 2.00 bits per heavy atom. The van der Waals surface area contributed by atoms with Crippen molar-refractivity contribution in [3.8, 4) is 11.4 Å². The highest BCUT2D eigenvalue weighted by Gasteiger charge is 2.18. The second-order valence-electron chi connectivity index (χ2n) is 5.01. The molecule has 0 unspecified atom stereocenters. The van der Waals surface area contributed by atoms with Crippen LogP contribution in [-0.4, -0.2) is 45.5 Å². The first-order chi connectivity index (χ1) is 10.7. The number of aryl methyl sites for hydroxylation is 1. The van der Waals surface area contributed by atoms with E-state index in [9.17, 15) is 9.18 Å². The second-order valence-corrected chi connectivity index (χ2v) is 6.24. The van der Waals surface area contributed by atoms with Crippen molar-refractivity contribution in [3.05, 3.63) is 36.0 Å². The molecule has 1 aliphatic rings. The van der Waals surface area contributed by atoms with E-state index in [1.54, 1.807) is 12.1 Å². The molecular weight excluding hydrogens is 305 g/mol. The summed E-state index contributed by atoms with van der Waals surface area (Å²) >= 11 is 1.87. The van der Waals surface area contributed by atoms with E-state index in [1.165, 1.54) is 12.1 Å². The van der Waals surface area contributed by atoms with Crippen molar-refractivity contribution in [2.75, 3.05) is 24.6 Å². The van der Waals surface area contributed by atoms with Gasteiger partial charge in [-0.2, -0.15) is 16.7 Å². The molecule has 1 fully saturated rings. The molecule has 0 atom stereocenters. The number of hydrogen-bond acceptors (Lipinski definition) is 5. The molecule has 1 aromatic carbocycles. The van der Waals surface area contributed by atoms with Crippen LogP contribution in [0.5, 0.6) is 0 Å². The minimum Gasteiger partial charge on any atom is -0.341 e. The summed E-state index contributed by atoms with van der Waals surface area (Å²) in [5.41, 5.74) is 0.691. The third kappa shape index (κ3) is 3.65. The van der Waals surface area contributed by atoms with Crippen molar-refractivity contribution in [2.45, 2.75) is 12.8 Å². The molecule has 0 bridgehead atoms. The van der Waals surface area contributed by atoms with Gasteiger partial charge >= 0.3 is 0 Å². The van der Waals surface area contributed by atoms with Gasteiger partial charge in [-0.25, -0.2) is 4.39 Å². The number of halogens is 1. The zero-order chi connectivity index (χ0) is 15.4. The smallest absolute Gasteiger partial charge is 0.227 e. The molecule has 1 aliphatic heterocycles. The van der Waals surface area contributed by atoms with Gasteiger partial charge in [0.1, 0.15) is 5.82 Å². The Balaban J connectivity index is 1.57. The molecule has 2 heterocycles. The number of thioether (sulfide) groups is 1. The monoisotopic (exact) mass is 321 g/mol. The Labute approximate surface area is 131 Å². The van der Waals surface area contributed by atoms with E-state index in [1.807, 2.05) is 16.7 Å². The van der Waals surface area contributed by atoms with Crippen LogP contribution in [0.2, 0.25) is 0 Å². The maximum absolute atomic E-state index is 12.9. The van der Waals surface area contributed by atoms with E-state index in [4.69, 9.17) is 4.52 Å². The summed E-state index contributed by atoms with van der Waals surface area (Å²) in [5, 5.41) is 3.87. The molecular formula is C15H16FN3O2S. The first-order valence-electron chi connectivity index (χ1n) is 7.16. The van der Waals surface area contributed by atoms with E-state index in [2.05, 4.69) is 10.1 Å². The zero-order valence-corrected chi connectivity index (χ0v) is 12.8. The van der Waals surface area contributed by atoms with Gasteiger partial charge in [0.05, 0.1) is 0 Å². The van der Waals surface area contributed by atoms with Crippen LogP contribution in [0.15, 0.2) is 28.8 Å². The van der Waals surface area contributed by atoms with Crippen molar-refractivity contribution < 1.29 is 13.7 Å². The number of hydrogen-bond donors (Lipinski definition) is 0. The van der Waals surface area contributed by atoms with Crippen molar-refractivity contribution in [2.24, 2.45) is 0 Å². The summed E-state index contributed by atoms with van der Waals surface area (Å²) in [6, 6.07) is 5.90. The van der Waals surface area contributed by atoms with Crippen LogP contribution in [0.4, 0.5) is 4.39 Å². The molecule has 0 spiro atoms. The summed E-state index contributed by atoms with van der Waals surface area (Å²) in [5.74, 6) is 2.66. The van der Waals surface area contributed by atoms with Crippen LogP contribution in [0, 0.1) is 5.82 Å². The lowest BCUT2D eigenvalue weighted by Gasteiger charge is -2.26. The highest BCUT2D eigenvalue weighted by atomic mass is 32.2. The van der Waals surface area contributed by atoms with Gasteiger partial charge in [0.25, 0.3) is 0 Å². The Hall–Kier alpha value is -1.89. The van der Waals surface area contributed by atoms with E-state index in [-0.39, 0.29) is 11.7 Å². The molecule has 22 heavy (non-hydrogen) atoms. The first kappa shape index (κ1) is 15.0. The number of nitrogens with zero attached hydrogens (tertiary/aromatic N) is 3. The fraction of sp³-hybridized carbons (Fsp3) is 0.400. The average molecular weight is 321 g/mol.